The molecule has 2 rings (SSSR count). The SMILES string of the molecule is Cc1ccccc1OCC(=O)NC(=S)Nc1ccc([N+](=O)[O-])cc1Br. The van der Waals surface area contributed by atoms with Gasteiger partial charge in [0.05, 0.1) is 10.6 Å². The van der Waals surface area contributed by atoms with Gasteiger partial charge < -0.3 is 10.1 Å². The van der Waals surface area contributed by atoms with E-state index in [2.05, 4.69) is 26.6 Å². The maximum atomic E-state index is 11.9. The molecule has 0 saturated carbocycles. The van der Waals surface area contributed by atoms with Crippen LogP contribution in [0, 0.1) is 17.0 Å². The van der Waals surface area contributed by atoms with Crippen molar-refractivity contribution in [2.75, 3.05) is 11.9 Å². The Morgan fingerprint density at radius 3 is 2.68 bits per heavy atom. The number of non-ortho nitro benzene ring substituents is 1. The molecular weight excluding hydrogens is 410 g/mol. The molecule has 0 fully saturated rings. The van der Waals surface area contributed by atoms with Crippen LogP contribution in [0.1, 0.15) is 5.56 Å². The number of thiocarbonyl (C=S) groups is 1. The highest BCUT2D eigenvalue weighted by Crippen LogP contribution is 2.27. The van der Waals surface area contributed by atoms with E-state index in [1.54, 1.807) is 6.07 Å². The summed E-state index contributed by atoms with van der Waals surface area (Å²) in [5.41, 5.74) is 1.36. The molecule has 0 aliphatic heterocycles. The first-order valence-electron chi connectivity index (χ1n) is 7.10. The van der Waals surface area contributed by atoms with Gasteiger partial charge in [-0.1, -0.05) is 18.2 Å². The number of halogens is 1. The van der Waals surface area contributed by atoms with Crippen LogP contribution in [0.15, 0.2) is 46.9 Å². The van der Waals surface area contributed by atoms with E-state index in [0.29, 0.717) is 15.9 Å². The highest BCUT2D eigenvalue weighted by molar-refractivity contribution is 9.10. The molecule has 0 aliphatic carbocycles. The lowest BCUT2D eigenvalue weighted by atomic mass is 10.2. The number of ether oxygens (including phenoxy) is 1. The van der Waals surface area contributed by atoms with Crippen LogP contribution in [0.5, 0.6) is 5.75 Å². The Kier molecular flexibility index (Phi) is 6.43. The number of anilines is 1. The van der Waals surface area contributed by atoms with Crippen molar-refractivity contribution in [1.29, 1.82) is 0 Å². The molecule has 0 atom stereocenters. The monoisotopic (exact) mass is 423 g/mol. The molecule has 0 aromatic heterocycles. The van der Waals surface area contributed by atoms with Gasteiger partial charge in [0.2, 0.25) is 0 Å². The lowest BCUT2D eigenvalue weighted by Gasteiger charge is -2.12. The predicted octanol–water partition coefficient (Wildman–Crippen LogP) is 3.56. The first-order chi connectivity index (χ1) is 11.9. The second kappa shape index (κ2) is 8.54. The molecule has 1 amide bonds. The van der Waals surface area contributed by atoms with Crippen LogP contribution in [0.3, 0.4) is 0 Å². The zero-order valence-electron chi connectivity index (χ0n) is 13.1. The van der Waals surface area contributed by atoms with Gasteiger partial charge in [-0.3, -0.25) is 20.2 Å². The van der Waals surface area contributed by atoms with Gasteiger partial charge in [0, 0.05) is 16.6 Å². The van der Waals surface area contributed by atoms with Crippen LogP contribution >= 0.6 is 28.1 Å². The minimum atomic E-state index is -0.502. The van der Waals surface area contributed by atoms with E-state index < -0.39 is 10.8 Å². The number of hydrogen-bond acceptors (Lipinski definition) is 5. The lowest BCUT2D eigenvalue weighted by Crippen LogP contribution is -2.37. The third-order valence-corrected chi connectivity index (χ3v) is 3.98. The highest BCUT2D eigenvalue weighted by Gasteiger charge is 2.11. The summed E-state index contributed by atoms with van der Waals surface area (Å²) in [6.45, 7) is 1.69. The molecule has 0 saturated heterocycles. The van der Waals surface area contributed by atoms with Gasteiger partial charge in [0.25, 0.3) is 11.6 Å². The number of nitrogens with zero attached hydrogens (tertiary/aromatic N) is 1. The Labute approximate surface area is 157 Å². The summed E-state index contributed by atoms with van der Waals surface area (Å²) in [7, 11) is 0. The van der Waals surface area contributed by atoms with Crippen molar-refractivity contribution >= 4 is 50.5 Å². The number of benzene rings is 2. The Balaban J connectivity index is 1.88. The van der Waals surface area contributed by atoms with Crippen LogP contribution in [0.4, 0.5) is 11.4 Å². The van der Waals surface area contributed by atoms with Crippen LogP contribution in [-0.4, -0.2) is 22.5 Å². The third kappa shape index (κ3) is 5.50. The van der Waals surface area contributed by atoms with Crippen molar-refractivity contribution in [3.05, 3.63) is 62.6 Å². The molecule has 0 aliphatic rings. The Morgan fingerprint density at radius 1 is 1.32 bits per heavy atom. The van der Waals surface area contributed by atoms with Gasteiger partial charge in [-0.25, -0.2) is 0 Å². The quantitative estimate of drug-likeness (QED) is 0.433. The molecule has 0 spiro atoms. The summed E-state index contributed by atoms with van der Waals surface area (Å²) < 4.78 is 5.89. The topological polar surface area (TPSA) is 93.5 Å². The van der Waals surface area contributed by atoms with Crippen LogP contribution in [-0.2, 0) is 4.79 Å². The zero-order valence-corrected chi connectivity index (χ0v) is 15.5. The summed E-state index contributed by atoms with van der Waals surface area (Å²) in [5.74, 6) is 0.202. The number of rotatable bonds is 5. The van der Waals surface area contributed by atoms with Gasteiger partial charge in [-0.05, 0) is 52.8 Å². The van der Waals surface area contributed by atoms with Crippen molar-refractivity contribution in [2.45, 2.75) is 6.92 Å². The van der Waals surface area contributed by atoms with Gasteiger partial charge in [-0.15, -0.1) is 0 Å². The maximum absolute atomic E-state index is 11.9. The fraction of sp³-hybridized carbons (Fsp3) is 0.125. The Hall–Kier alpha value is -2.52. The lowest BCUT2D eigenvalue weighted by molar-refractivity contribution is -0.384. The van der Waals surface area contributed by atoms with Crippen molar-refractivity contribution in [2.24, 2.45) is 0 Å². The van der Waals surface area contributed by atoms with Gasteiger partial charge >= 0.3 is 0 Å². The maximum Gasteiger partial charge on any atom is 0.270 e. The van der Waals surface area contributed by atoms with E-state index in [1.807, 2.05) is 25.1 Å². The van der Waals surface area contributed by atoms with E-state index >= 15 is 0 Å². The summed E-state index contributed by atoms with van der Waals surface area (Å²) in [4.78, 5) is 22.1. The molecule has 25 heavy (non-hydrogen) atoms. The third-order valence-electron chi connectivity index (χ3n) is 3.12. The van der Waals surface area contributed by atoms with E-state index in [1.165, 1.54) is 18.2 Å². The van der Waals surface area contributed by atoms with E-state index in [4.69, 9.17) is 17.0 Å². The molecule has 130 valence electrons. The minimum Gasteiger partial charge on any atom is -0.483 e. The Morgan fingerprint density at radius 2 is 2.04 bits per heavy atom. The summed E-state index contributed by atoms with van der Waals surface area (Å²) in [5, 5.41) is 16.1. The smallest absolute Gasteiger partial charge is 0.270 e. The van der Waals surface area contributed by atoms with Crippen molar-refractivity contribution in [3.8, 4) is 5.75 Å². The molecule has 2 aromatic rings. The zero-order chi connectivity index (χ0) is 18.4. The second-order valence-electron chi connectivity index (χ2n) is 4.98. The number of aryl methyl sites for hydroxylation is 1. The van der Waals surface area contributed by atoms with Gasteiger partial charge in [0.15, 0.2) is 11.7 Å². The molecule has 0 heterocycles. The predicted molar refractivity (Wildman–Crippen MR) is 102 cm³/mol. The van der Waals surface area contributed by atoms with Gasteiger partial charge in [0.1, 0.15) is 5.75 Å². The normalized spacial score (nSPS) is 10.0. The standard InChI is InChI=1S/C16H14BrN3O4S/c1-10-4-2-3-5-14(10)24-9-15(21)19-16(25)18-13-7-6-11(20(22)23)8-12(13)17/h2-8H,9H2,1H3,(H2,18,19,21,25). The Bertz CT molecular complexity index is 829. The summed E-state index contributed by atoms with van der Waals surface area (Å²) in [6.07, 6.45) is 0. The molecule has 7 nitrogen and oxygen atoms in total. The van der Waals surface area contributed by atoms with Crippen molar-refractivity contribution < 1.29 is 14.5 Å². The number of amides is 1. The van der Waals surface area contributed by atoms with E-state index in [9.17, 15) is 14.9 Å². The van der Waals surface area contributed by atoms with Crippen molar-refractivity contribution in [1.82, 2.24) is 5.32 Å². The number of hydrogen-bond donors (Lipinski definition) is 2. The highest BCUT2D eigenvalue weighted by atomic mass is 79.9. The van der Waals surface area contributed by atoms with Crippen LogP contribution in [0.25, 0.3) is 0 Å². The van der Waals surface area contributed by atoms with Gasteiger partial charge in [-0.2, -0.15) is 0 Å². The summed E-state index contributed by atoms with van der Waals surface area (Å²) in [6, 6.07) is 11.5. The van der Waals surface area contributed by atoms with E-state index in [0.717, 1.165) is 5.56 Å². The molecule has 2 aromatic carbocycles. The first kappa shape index (κ1) is 18.8. The number of para-hydroxylation sites is 1. The number of nitro benzene ring substituents is 1. The van der Waals surface area contributed by atoms with Crippen LogP contribution in [0.2, 0.25) is 0 Å². The largest absolute Gasteiger partial charge is 0.483 e. The molecule has 0 bridgehead atoms. The fourth-order valence-corrected chi connectivity index (χ4v) is 2.59. The molecule has 0 radical (unpaired) electrons. The summed E-state index contributed by atoms with van der Waals surface area (Å²) >= 11 is 8.28. The van der Waals surface area contributed by atoms with Crippen molar-refractivity contribution in [3.63, 3.8) is 0 Å². The number of nitro groups is 1. The molecular formula is C16H14BrN3O4S. The average molecular weight is 424 g/mol. The number of carbonyl (C=O) groups excluding carboxylic acids is 1. The van der Waals surface area contributed by atoms with E-state index in [-0.39, 0.29) is 17.4 Å². The average Bonchev–Trinajstić information content (AvgIpc) is 2.55. The fourth-order valence-electron chi connectivity index (χ4n) is 1.90. The minimum absolute atomic E-state index is 0.0565. The van der Waals surface area contributed by atoms with Crippen LogP contribution < -0.4 is 15.4 Å². The molecule has 2 N–H and O–H groups in total. The number of nitrogens with one attached hydrogen (secondary N) is 2. The number of carbonyl (C=O) groups is 1. The second-order valence-corrected chi connectivity index (χ2v) is 6.24. The first-order valence-corrected chi connectivity index (χ1v) is 8.30. The molecule has 0 unspecified atom stereocenters. The molecule has 9 heteroatoms.